The van der Waals surface area contributed by atoms with Gasteiger partial charge in [0, 0.05) is 5.69 Å². The number of hydrogen-bond donors (Lipinski definition) is 0. The zero-order valence-corrected chi connectivity index (χ0v) is 9.07. The number of nitrogens with zero attached hydrogens (tertiary/aromatic N) is 1. The minimum Gasteiger partial charge on any atom is -0.497 e. The summed E-state index contributed by atoms with van der Waals surface area (Å²) in [5.74, 6) is 0.860. The summed E-state index contributed by atoms with van der Waals surface area (Å²) >= 11 is 0. The van der Waals surface area contributed by atoms with E-state index in [1.807, 2.05) is 38.1 Å². The van der Waals surface area contributed by atoms with Crippen LogP contribution in [0.15, 0.2) is 24.3 Å². The maximum Gasteiger partial charge on any atom is 0.235 e. The predicted molar refractivity (Wildman–Crippen MR) is 57.5 cm³/mol. The maximum atomic E-state index is 11.7. The number of rotatable bonds is 2. The molecule has 1 fully saturated rings. The summed E-state index contributed by atoms with van der Waals surface area (Å²) in [6.07, 6.45) is 0. The molecule has 0 bridgehead atoms. The molecule has 0 saturated carbocycles. The first-order valence-corrected chi connectivity index (χ1v) is 4.81. The zero-order chi connectivity index (χ0) is 11.1. The Balaban J connectivity index is 2.16. The summed E-state index contributed by atoms with van der Waals surface area (Å²) in [4.78, 5) is 13.2. The molecule has 1 aromatic carbocycles. The molecule has 2 rings (SSSR count). The van der Waals surface area contributed by atoms with E-state index < -0.39 is 5.41 Å². The summed E-state index contributed by atoms with van der Waals surface area (Å²) in [5, 5.41) is 0. The molecule has 0 atom stereocenters. The lowest BCUT2D eigenvalue weighted by Gasteiger charge is -2.42. The number of benzene rings is 1. The number of methoxy groups -OCH3 is 1. The Morgan fingerprint density at radius 2 is 1.87 bits per heavy atom. The van der Waals surface area contributed by atoms with Gasteiger partial charge in [-0.25, -0.2) is 0 Å². The van der Waals surface area contributed by atoms with Crippen LogP contribution in [0.5, 0.6) is 5.75 Å². The Morgan fingerprint density at radius 1 is 1.27 bits per heavy atom. The first kappa shape index (κ1) is 10.0. The van der Waals surface area contributed by atoms with Gasteiger partial charge in [-0.1, -0.05) is 0 Å². The third kappa shape index (κ3) is 1.58. The van der Waals surface area contributed by atoms with Gasteiger partial charge in [-0.3, -0.25) is 9.69 Å². The molecule has 1 amide bonds. The highest BCUT2D eigenvalue weighted by molar-refractivity contribution is 6.06. The molecule has 1 aliphatic rings. The van der Waals surface area contributed by atoms with Crippen LogP contribution in [0.2, 0.25) is 0 Å². The second-order valence-electron chi connectivity index (χ2n) is 4.08. The van der Waals surface area contributed by atoms with Crippen LogP contribution in [0.25, 0.3) is 0 Å². The standard InChI is InChI=1S/C12H13NO2/c1-12(2)8-13(11(12)14)9-4-6-10(15-3)7-5-9/h4-7H,1-3H3. The van der Waals surface area contributed by atoms with Crippen molar-refractivity contribution in [3.63, 3.8) is 0 Å². The topological polar surface area (TPSA) is 29.5 Å². The van der Waals surface area contributed by atoms with Crippen molar-refractivity contribution in [2.75, 3.05) is 12.0 Å². The van der Waals surface area contributed by atoms with Gasteiger partial charge < -0.3 is 4.74 Å². The van der Waals surface area contributed by atoms with E-state index in [1.54, 1.807) is 12.0 Å². The average Bonchev–Trinajstić information content (AvgIpc) is 2.26. The Kier molecular flexibility index (Phi) is 2.18. The largest absolute Gasteiger partial charge is 0.497 e. The van der Waals surface area contributed by atoms with Crippen molar-refractivity contribution >= 4 is 11.6 Å². The molecular formula is C12H13NO2. The molecule has 1 saturated heterocycles. The Hall–Kier alpha value is -1.51. The van der Waals surface area contributed by atoms with Crippen molar-refractivity contribution in [3.05, 3.63) is 30.8 Å². The molecule has 1 aliphatic heterocycles. The van der Waals surface area contributed by atoms with Gasteiger partial charge in [-0.2, -0.15) is 0 Å². The van der Waals surface area contributed by atoms with Crippen LogP contribution in [0.3, 0.4) is 0 Å². The van der Waals surface area contributed by atoms with E-state index in [0.29, 0.717) is 0 Å². The van der Waals surface area contributed by atoms with E-state index in [-0.39, 0.29) is 5.91 Å². The molecule has 0 spiro atoms. The highest BCUT2D eigenvalue weighted by Crippen LogP contribution is 2.39. The molecule has 78 valence electrons. The number of carbonyl (C=O) groups is 1. The molecule has 0 aliphatic carbocycles. The van der Waals surface area contributed by atoms with Crippen molar-refractivity contribution in [1.29, 1.82) is 0 Å². The average molecular weight is 203 g/mol. The van der Waals surface area contributed by atoms with Gasteiger partial charge in [-0.15, -0.1) is 0 Å². The smallest absolute Gasteiger partial charge is 0.235 e. The van der Waals surface area contributed by atoms with Crippen molar-refractivity contribution in [2.24, 2.45) is 5.41 Å². The summed E-state index contributed by atoms with van der Waals surface area (Å²) in [6, 6.07) is 7.35. The van der Waals surface area contributed by atoms with E-state index in [0.717, 1.165) is 11.4 Å². The number of ether oxygens (including phenoxy) is 1. The first-order chi connectivity index (χ1) is 7.04. The van der Waals surface area contributed by atoms with Crippen LogP contribution in [0.4, 0.5) is 5.69 Å². The SMILES string of the molecule is COc1ccc(N2[C]C(C)(C)C2=O)cc1. The van der Waals surface area contributed by atoms with E-state index in [1.165, 1.54) is 0 Å². The summed E-state index contributed by atoms with van der Waals surface area (Å²) in [6.45, 7) is 6.78. The van der Waals surface area contributed by atoms with Crippen molar-refractivity contribution in [3.8, 4) is 5.75 Å². The third-order valence-electron chi connectivity index (χ3n) is 2.46. The lowest BCUT2D eigenvalue weighted by Crippen LogP contribution is -2.54. The highest BCUT2D eigenvalue weighted by atomic mass is 16.5. The number of amides is 1. The maximum absolute atomic E-state index is 11.7. The van der Waals surface area contributed by atoms with Gasteiger partial charge in [0.05, 0.1) is 12.5 Å². The van der Waals surface area contributed by atoms with Crippen LogP contribution < -0.4 is 9.64 Å². The van der Waals surface area contributed by atoms with Gasteiger partial charge in [0.15, 0.2) is 0 Å². The van der Waals surface area contributed by atoms with Crippen LogP contribution in [-0.4, -0.2) is 13.0 Å². The minimum atomic E-state index is -0.445. The molecule has 0 aromatic heterocycles. The van der Waals surface area contributed by atoms with E-state index in [4.69, 9.17) is 4.74 Å². The van der Waals surface area contributed by atoms with Crippen LogP contribution in [0.1, 0.15) is 13.8 Å². The molecule has 1 heterocycles. The van der Waals surface area contributed by atoms with Gasteiger partial charge in [0.2, 0.25) is 5.91 Å². The van der Waals surface area contributed by atoms with Crippen LogP contribution in [-0.2, 0) is 4.79 Å². The monoisotopic (exact) mass is 203 g/mol. The fraction of sp³-hybridized carbons (Fsp3) is 0.333. The highest BCUT2D eigenvalue weighted by Gasteiger charge is 2.46. The molecule has 3 nitrogen and oxygen atoms in total. The molecule has 0 unspecified atom stereocenters. The second kappa shape index (κ2) is 3.26. The van der Waals surface area contributed by atoms with E-state index in [9.17, 15) is 4.79 Å². The first-order valence-electron chi connectivity index (χ1n) is 4.81. The number of carbonyl (C=O) groups excluding carboxylic acids is 1. The van der Waals surface area contributed by atoms with Crippen molar-refractivity contribution in [1.82, 2.24) is 0 Å². The van der Waals surface area contributed by atoms with E-state index >= 15 is 0 Å². The molecular weight excluding hydrogens is 190 g/mol. The summed E-state index contributed by atoms with van der Waals surface area (Å²) < 4.78 is 5.04. The fourth-order valence-electron chi connectivity index (χ4n) is 1.52. The molecule has 0 N–H and O–H groups in total. The lowest BCUT2D eigenvalue weighted by atomic mass is 9.83. The Morgan fingerprint density at radius 3 is 2.27 bits per heavy atom. The zero-order valence-electron chi connectivity index (χ0n) is 9.07. The number of anilines is 1. The third-order valence-corrected chi connectivity index (χ3v) is 2.46. The second-order valence-corrected chi connectivity index (χ2v) is 4.08. The number of hydrogen-bond acceptors (Lipinski definition) is 2. The number of β-lactam (4-membered cyclic amide) rings is 1. The normalized spacial score (nSPS) is 18.6. The minimum absolute atomic E-state index is 0.0765. The molecule has 1 aromatic rings. The lowest BCUT2D eigenvalue weighted by molar-refractivity contribution is -0.129. The molecule has 2 radical (unpaired) electrons. The summed E-state index contributed by atoms with van der Waals surface area (Å²) in [7, 11) is 1.62. The van der Waals surface area contributed by atoms with Gasteiger partial charge in [0.1, 0.15) is 12.3 Å². The summed E-state index contributed by atoms with van der Waals surface area (Å²) in [5.41, 5.74) is 0.389. The quantitative estimate of drug-likeness (QED) is 0.689. The van der Waals surface area contributed by atoms with Crippen molar-refractivity contribution in [2.45, 2.75) is 13.8 Å². The van der Waals surface area contributed by atoms with Gasteiger partial charge >= 0.3 is 0 Å². The van der Waals surface area contributed by atoms with Gasteiger partial charge in [0.25, 0.3) is 0 Å². The predicted octanol–water partition coefficient (Wildman–Crippen LogP) is 2.11. The van der Waals surface area contributed by atoms with Crippen molar-refractivity contribution < 1.29 is 9.53 Å². The Labute approximate surface area is 89.7 Å². The van der Waals surface area contributed by atoms with Gasteiger partial charge in [-0.05, 0) is 38.1 Å². The Bertz CT molecular complexity index is 381. The molecule has 3 heteroatoms. The van der Waals surface area contributed by atoms with Crippen LogP contribution in [0, 0.1) is 12.0 Å². The fourth-order valence-corrected chi connectivity index (χ4v) is 1.52. The molecule has 15 heavy (non-hydrogen) atoms. The van der Waals surface area contributed by atoms with E-state index in [2.05, 4.69) is 6.54 Å². The van der Waals surface area contributed by atoms with Crippen LogP contribution >= 0.6 is 0 Å².